The minimum atomic E-state index is -0.716. The fourth-order valence-electron chi connectivity index (χ4n) is 8.51. The molecule has 0 spiro atoms. The Hall–Kier alpha value is -8.14. The van der Waals surface area contributed by atoms with Gasteiger partial charge >= 0.3 is 11.9 Å². The van der Waals surface area contributed by atoms with Crippen LogP contribution in [-0.4, -0.2) is 66.5 Å². The van der Waals surface area contributed by atoms with Crippen LogP contribution in [0.2, 0.25) is 10.0 Å². The van der Waals surface area contributed by atoms with Crippen LogP contribution in [0.3, 0.4) is 0 Å². The molecular weight excluding hydrogens is 988 g/mol. The van der Waals surface area contributed by atoms with Gasteiger partial charge in [-0.15, -0.1) is 0 Å². The zero-order valence-corrected chi connectivity index (χ0v) is 42.6. The first-order valence-electron chi connectivity index (χ1n) is 23.4. The van der Waals surface area contributed by atoms with Gasteiger partial charge in [-0.1, -0.05) is 145 Å². The summed E-state index contributed by atoms with van der Waals surface area (Å²) in [6.07, 6.45) is 0.928. The van der Waals surface area contributed by atoms with Crippen LogP contribution in [0.4, 0.5) is 26.1 Å². The van der Waals surface area contributed by atoms with Gasteiger partial charge in [0.15, 0.2) is 52.0 Å². The Morgan fingerprint density at radius 2 is 1.00 bits per heavy atom. The second-order valence-corrected chi connectivity index (χ2v) is 17.7. The van der Waals surface area contributed by atoms with Gasteiger partial charge < -0.3 is 34.1 Å². The Morgan fingerprint density at radius 3 is 1.50 bits per heavy atom. The smallest absolute Gasteiger partial charge is 0.359 e. The van der Waals surface area contributed by atoms with Crippen molar-refractivity contribution in [3.63, 3.8) is 0 Å². The van der Waals surface area contributed by atoms with E-state index in [1.54, 1.807) is 0 Å². The van der Waals surface area contributed by atoms with Gasteiger partial charge in [0.05, 0.1) is 49.6 Å². The van der Waals surface area contributed by atoms with Crippen LogP contribution in [0.25, 0.3) is 22.8 Å². The highest BCUT2D eigenvalue weighted by Gasteiger charge is 2.40. The van der Waals surface area contributed by atoms with Crippen molar-refractivity contribution in [3.8, 4) is 34.3 Å². The van der Waals surface area contributed by atoms with Crippen LogP contribution in [-0.2, 0) is 41.9 Å². The number of aryl methyl sites for hydroxylation is 1. The molecule has 1 N–H and O–H groups in total. The monoisotopic (exact) mass is 1040 g/mol. The lowest BCUT2D eigenvalue weighted by Crippen LogP contribution is -2.40. The van der Waals surface area contributed by atoms with Gasteiger partial charge in [0.25, 0.3) is 0 Å². The van der Waals surface area contributed by atoms with Gasteiger partial charge in [-0.25, -0.2) is 38.3 Å². The number of carbonyl (C=O) groups is 2. The van der Waals surface area contributed by atoms with Gasteiger partial charge in [-0.05, 0) is 66.3 Å². The molecular formula is C57H51Cl2F2N7O6. The highest BCUT2D eigenvalue weighted by atomic mass is 35.5. The maximum Gasteiger partial charge on any atom is 0.359 e. The number of halogens is 4. The van der Waals surface area contributed by atoms with E-state index in [0.29, 0.717) is 55.4 Å². The molecule has 0 bridgehead atoms. The standard InChI is InChI=1S/C29H26ClFN4O3.C28H25ClFN3O3/c1-18-34(16-19-10-6-4-7-11-19)25-24(29(36)38-3)32-27(21-14-15-22(30)26(37-2)23(21)31)33-28(25)35(18)17-20-12-8-5-9-13-20;1-35-25-22(29)16-15-20(23(25)30)27-32-24(28(34)36-2)21(14-13-18-9-5-3-6-10-18)26(33-27)31-17-19-11-7-4-8-12-19/h4-15,18H,16-17H2,1-3H3;3-12,15-16H,13-14,17H2,1-2H3,(H,31,32,33). The summed E-state index contributed by atoms with van der Waals surface area (Å²) in [5, 5.41) is 3.56. The Balaban J connectivity index is 0.000000197. The average Bonchev–Trinajstić information content (AvgIpc) is 3.69. The second kappa shape index (κ2) is 24.1. The molecule has 3 heterocycles. The summed E-state index contributed by atoms with van der Waals surface area (Å²) in [4.78, 5) is 48.5. The Morgan fingerprint density at radius 1 is 0.554 bits per heavy atom. The predicted octanol–water partition coefficient (Wildman–Crippen LogP) is 12.2. The summed E-state index contributed by atoms with van der Waals surface area (Å²) < 4.78 is 51.1. The van der Waals surface area contributed by atoms with Crippen LogP contribution >= 0.6 is 23.2 Å². The maximum absolute atomic E-state index is 15.4. The van der Waals surface area contributed by atoms with Crippen LogP contribution in [0.5, 0.6) is 11.5 Å². The van der Waals surface area contributed by atoms with Crippen molar-refractivity contribution in [1.29, 1.82) is 0 Å². The first-order chi connectivity index (χ1) is 35.9. The summed E-state index contributed by atoms with van der Waals surface area (Å²) in [6, 6.07) is 45.5. The zero-order valence-electron chi connectivity index (χ0n) is 41.1. The lowest BCUT2D eigenvalue weighted by Gasteiger charge is -2.30. The summed E-state index contributed by atoms with van der Waals surface area (Å²) >= 11 is 12.2. The number of hydrogen-bond acceptors (Lipinski definition) is 13. The van der Waals surface area contributed by atoms with Crippen molar-refractivity contribution < 1.29 is 37.3 Å². The fraction of sp³-hybridized carbons (Fsp3) is 0.193. The van der Waals surface area contributed by atoms with E-state index in [0.717, 1.165) is 22.3 Å². The third-order valence-electron chi connectivity index (χ3n) is 12.3. The molecule has 74 heavy (non-hydrogen) atoms. The van der Waals surface area contributed by atoms with Crippen LogP contribution in [0, 0.1) is 11.6 Å². The Kier molecular flexibility index (Phi) is 17.0. The van der Waals surface area contributed by atoms with Crippen molar-refractivity contribution in [1.82, 2.24) is 19.9 Å². The van der Waals surface area contributed by atoms with E-state index in [1.807, 2.05) is 128 Å². The number of fused-ring (bicyclic) bond motifs is 1. The highest BCUT2D eigenvalue weighted by molar-refractivity contribution is 6.32. The molecule has 17 heteroatoms. The van der Waals surface area contributed by atoms with Crippen molar-refractivity contribution in [2.75, 3.05) is 43.6 Å². The van der Waals surface area contributed by atoms with Crippen LogP contribution in [0.15, 0.2) is 146 Å². The van der Waals surface area contributed by atoms with Crippen LogP contribution in [0.1, 0.15) is 55.7 Å². The molecule has 1 unspecified atom stereocenters. The number of ether oxygens (including phenoxy) is 4. The molecule has 0 amide bonds. The number of benzene rings is 6. The number of rotatable bonds is 16. The summed E-state index contributed by atoms with van der Waals surface area (Å²) in [7, 11) is 5.24. The van der Waals surface area contributed by atoms with E-state index in [4.69, 9.17) is 47.1 Å². The number of esters is 2. The lowest BCUT2D eigenvalue weighted by molar-refractivity contribution is 0.0585. The molecule has 1 atom stereocenters. The second-order valence-electron chi connectivity index (χ2n) is 16.8. The fourth-order valence-corrected chi connectivity index (χ4v) is 8.96. The number of methoxy groups -OCH3 is 4. The molecule has 0 saturated heterocycles. The van der Waals surface area contributed by atoms with E-state index in [9.17, 15) is 9.59 Å². The minimum absolute atomic E-state index is 0.0156. The number of carbonyl (C=O) groups excluding carboxylic acids is 2. The first kappa shape index (κ1) is 52.2. The quantitative estimate of drug-likeness (QED) is 0.0919. The van der Waals surface area contributed by atoms with E-state index in [2.05, 4.69) is 30.1 Å². The number of nitrogens with zero attached hydrogens (tertiary/aromatic N) is 6. The molecule has 13 nitrogen and oxygen atoms in total. The zero-order chi connectivity index (χ0) is 52.3. The van der Waals surface area contributed by atoms with Gasteiger partial charge in [0.2, 0.25) is 0 Å². The normalized spacial score (nSPS) is 12.6. The number of nitrogens with one attached hydrogen (secondary N) is 1. The SMILES string of the molecule is COC(=O)c1nc(-c2ccc(Cl)c(OC)c2F)nc(NCc2ccccc2)c1CCc1ccccc1.COC(=O)c1nc(-c2ccc(Cl)c(OC)c2F)nc2c1N(Cc1ccccc1)C(C)N2Cc1ccccc1. The van der Waals surface area contributed by atoms with Crippen LogP contribution < -0.4 is 24.6 Å². The molecule has 2 aromatic heterocycles. The lowest BCUT2D eigenvalue weighted by atomic mass is 10.0. The average molecular weight is 1040 g/mol. The van der Waals surface area contributed by atoms with E-state index < -0.39 is 23.6 Å². The van der Waals surface area contributed by atoms with E-state index in [-0.39, 0.29) is 61.9 Å². The molecule has 0 saturated carbocycles. The Bertz CT molecular complexity index is 3260. The molecule has 0 aliphatic carbocycles. The largest absolute Gasteiger partial charge is 0.492 e. The van der Waals surface area contributed by atoms with Crippen molar-refractivity contribution in [2.24, 2.45) is 0 Å². The minimum Gasteiger partial charge on any atom is -0.492 e. The topological polar surface area (TPSA) is 141 Å². The molecule has 0 fully saturated rings. The molecule has 0 radical (unpaired) electrons. The first-order valence-corrected chi connectivity index (χ1v) is 24.2. The molecule has 1 aliphatic rings. The summed E-state index contributed by atoms with van der Waals surface area (Å²) in [6.45, 7) is 3.52. The van der Waals surface area contributed by atoms with Gasteiger partial charge in [-0.2, -0.15) is 0 Å². The van der Waals surface area contributed by atoms with Crippen molar-refractivity contribution in [2.45, 2.75) is 45.6 Å². The van der Waals surface area contributed by atoms with Gasteiger partial charge in [0.1, 0.15) is 17.7 Å². The third kappa shape index (κ3) is 11.5. The molecule has 1 aliphatic heterocycles. The Labute approximate surface area is 437 Å². The molecule has 378 valence electrons. The number of aromatic nitrogens is 4. The molecule has 8 aromatic rings. The number of hydrogen-bond donors (Lipinski definition) is 1. The van der Waals surface area contributed by atoms with Gasteiger partial charge in [-0.3, -0.25) is 0 Å². The van der Waals surface area contributed by atoms with Crippen molar-refractivity contribution in [3.05, 3.63) is 206 Å². The van der Waals surface area contributed by atoms with Crippen molar-refractivity contribution >= 4 is 52.5 Å². The summed E-state index contributed by atoms with van der Waals surface area (Å²) in [5.74, 6) is -1.96. The maximum atomic E-state index is 15.4. The summed E-state index contributed by atoms with van der Waals surface area (Å²) in [5.41, 5.74) is 5.60. The van der Waals surface area contributed by atoms with E-state index >= 15 is 8.78 Å². The molecule has 9 rings (SSSR count). The van der Waals surface area contributed by atoms with E-state index in [1.165, 1.54) is 52.7 Å². The highest BCUT2D eigenvalue weighted by Crippen LogP contribution is 2.44. The third-order valence-corrected chi connectivity index (χ3v) is 12.9. The predicted molar refractivity (Wildman–Crippen MR) is 283 cm³/mol. The van der Waals surface area contributed by atoms with Gasteiger partial charge in [0, 0.05) is 25.2 Å². The number of anilines is 3. The molecule has 6 aromatic carbocycles.